The summed E-state index contributed by atoms with van der Waals surface area (Å²) in [6.07, 6.45) is -9.98. The maximum atomic E-state index is 12.4. The number of alkyl halides is 7. The number of hydrogen-bond donors (Lipinski definition) is 1. The van der Waals surface area contributed by atoms with Gasteiger partial charge in [-0.2, -0.15) is 26.3 Å². The zero-order valence-corrected chi connectivity index (χ0v) is 8.71. The van der Waals surface area contributed by atoms with Crippen molar-refractivity contribution in [3.8, 4) is 5.75 Å². The zero-order chi connectivity index (χ0) is 13.4. The van der Waals surface area contributed by atoms with Crippen LogP contribution in [0.4, 0.5) is 26.3 Å². The summed E-state index contributed by atoms with van der Waals surface area (Å²) in [5.41, 5.74) is -3.93. The molecule has 96 valence electrons. The Balaban J connectivity index is 3.51. The number of benzene rings is 1. The van der Waals surface area contributed by atoms with E-state index in [4.69, 9.17) is 16.7 Å². The number of halogens is 7. The Labute approximate surface area is 96.6 Å². The van der Waals surface area contributed by atoms with E-state index in [0.717, 1.165) is 0 Å². The third-order valence-electron chi connectivity index (χ3n) is 1.99. The van der Waals surface area contributed by atoms with Crippen LogP contribution in [0, 0.1) is 0 Å². The van der Waals surface area contributed by atoms with Crippen molar-refractivity contribution in [2.45, 2.75) is 18.2 Å². The Bertz CT molecular complexity index is 423. The van der Waals surface area contributed by atoms with Crippen molar-refractivity contribution < 1.29 is 31.4 Å². The molecule has 0 saturated carbocycles. The summed E-state index contributed by atoms with van der Waals surface area (Å²) in [7, 11) is 0. The molecule has 0 fully saturated rings. The molecule has 0 unspecified atom stereocenters. The van der Waals surface area contributed by atoms with Crippen LogP contribution < -0.4 is 0 Å². The largest absolute Gasteiger partial charge is 0.508 e. The maximum Gasteiger partial charge on any atom is 0.416 e. The summed E-state index contributed by atoms with van der Waals surface area (Å²) >= 11 is 5.17. The van der Waals surface area contributed by atoms with Gasteiger partial charge in [-0.1, -0.05) is 0 Å². The fourth-order valence-electron chi connectivity index (χ4n) is 1.21. The number of phenolic OH excluding ortho intramolecular Hbond substituents is 1. The normalized spacial score (nSPS) is 12.9. The molecule has 0 heterocycles. The average Bonchev–Trinajstić information content (AvgIpc) is 2.13. The molecule has 17 heavy (non-hydrogen) atoms. The summed E-state index contributed by atoms with van der Waals surface area (Å²) < 4.78 is 74.1. The Morgan fingerprint density at radius 1 is 1.00 bits per heavy atom. The minimum absolute atomic E-state index is 0.0720. The van der Waals surface area contributed by atoms with Crippen molar-refractivity contribution in [2.75, 3.05) is 0 Å². The van der Waals surface area contributed by atoms with Crippen LogP contribution in [0.1, 0.15) is 16.7 Å². The second kappa shape index (κ2) is 4.29. The third kappa shape index (κ3) is 2.96. The molecule has 0 spiro atoms. The summed E-state index contributed by atoms with van der Waals surface area (Å²) in [6, 6.07) is 0.143. The molecule has 1 rings (SSSR count). The predicted molar refractivity (Wildman–Crippen MR) is 47.7 cm³/mol. The predicted octanol–water partition coefficient (Wildman–Crippen LogP) is 4.17. The molecule has 1 nitrogen and oxygen atoms in total. The van der Waals surface area contributed by atoms with Gasteiger partial charge in [0.15, 0.2) is 0 Å². The van der Waals surface area contributed by atoms with Crippen molar-refractivity contribution in [3.05, 3.63) is 28.8 Å². The lowest BCUT2D eigenvalue weighted by Crippen LogP contribution is -2.13. The first-order valence-electron chi connectivity index (χ1n) is 4.13. The van der Waals surface area contributed by atoms with E-state index in [0.29, 0.717) is 0 Å². The van der Waals surface area contributed by atoms with E-state index < -0.39 is 40.7 Å². The first-order valence-corrected chi connectivity index (χ1v) is 4.67. The number of hydrogen-bond acceptors (Lipinski definition) is 1. The first-order chi connectivity index (χ1) is 7.57. The zero-order valence-electron chi connectivity index (χ0n) is 7.95. The van der Waals surface area contributed by atoms with Crippen LogP contribution in [0.15, 0.2) is 12.1 Å². The Hall–Kier alpha value is -1.11. The van der Waals surface area contributed by atoms with E-state index in [1.54, 1.807) is 0 Å². The molecular formula is C9H5ClF6O. The molecule has 0 bridgehead atoms. The lowest BCUT2D eigenvalue weighted by Gasteiger charge is -2.16. The number of phenols is 1. The maximum absolute atomic E-state index is 12.4. The second-order valence-electron chi connectivity index (χ2n) is 3.15. The molecule has 0 aliphatic carbocycles. The highest BCUT2D eigenvalue weighted by molar-refractivity contribution is 6.17. The number of rotatable bonds is 1. The molecular weight excluding hydrogens is 274 g/mol. The van der Waals surface area contributed by atoms with Gasteiger partial charge in [0.2, 0.25) is 0 Å². The van der Waals surface area contributed by atoms with E-state index in [2.05, 4.69) is 0 Å². The van der Waals surface area contributed by atoms with E-state index >= 15 is 0 Å². The molecule has 0 atom stereocenters. The number of aromatic hydroxyl groups is 1. The lowest BCUT2D eigenvalue weighted by atomic mass is 10.0. The molecule has 8 heteroatoms. The van der Waals surface area contributed by atoms with E-state index in [9.17, 15) is 26.3 Å². The molecule has 1 aromatic rings. The molecule has 0 radical (unpaired) electrons. The minimum atomic E-state index is -5.01. The van der Waals surface area contributed by atoms with Gasteiger partial charge >= 0.3 is 12.4 Å². The minimum Gasteiger partial charge on any atom is -0.508 e. The Morgan fingerprint density at radius 3 is 1.88 bits per heavy atom. The quantitative estimate of drug-likeness (QED) is 0.604. The van der Waals surface area contributed by atoms with Crippen molar-refractivity contribution in [3.63, 3.8) is 0 Å². The van der Waals surface area contributed by atoms with Crippen molar-refractivity contribution in [2.24, 2.45) is 0 Å². The fraction of sp³-hybridized carbons (Fsp3) is 0.333. The van der Waals surface area contributed by atoms with Crippen LogP contribution in [0.5, 0.6) is 5.75 Å². The van der Waals surface area contributed by atoms with E-state index in [1.807, 2.05) is 0 Å². The summed E-state index contributed by atoms with van der Waals surface area (Å²) in [5.74, 6) is -1.86. The average molecular weight is 279 g/mol. The van der Waals surface area contributed by atoms with Gasteiger partial charge in [-0.3, -0.25) is 0 Å². The van der Waals surface area contributed by atoms with Crippen LogP contribution in [-0.4, -0.2) is 5.11 Å². The van der Waals surface area contributed by atoms with Crippen molar-refractivity contribution in [1.82, 2.24) is 0 Å². The van der Waals surface area contributed by atoms with Crippen molar-refractivity contribution >= 4 is 11.6 Å². The molecule has 0 saturated heterocycles. The van der Waals surface area contributed by atoms with Crippen LogP contribution in [0.3, 0.4) is 0 Å². The fourth-order valence-corrected chi connectivity index (χ4v) is 1.49. The summed E-state index contributed by atoms with van der Waals surface area (Å²) in [6.45, 7) is 0. The highest BCUT2D eigenvalue weighted by Crippen LogP contribution is 2.41. The highest BCUT2D eigenvalue weighted by atomic mass is 35.5. The van der Waals surface area contributed by atoms with Gasteiger partial charge in [0.05, 0.1) is 17.0 Å². The molecule has 0 aliphatic heterocycles. The molecule has 0 aromatic heterocycles. The first kappa shape index (κ1) is 14.0. The van der Waals surface area contributed by atoms with Gasteiger partial charge in [0.1, 0.15) is 5.75 Å². The van der Waals surface area contributed by atoms with E-state index in [-0.39, 0.29) is 12.1 Å². The SMILES string of the molecule is Oc1cc(C(F)(F)F)cc(C(F)(F)F)c1CCl. The highest BCUT2D eigenvalue weighted by Gasteiger charge is 2.39. The molecule has 1 N–H and O–H groups in total. The molecule has 1 aromatic carbocycles. The van der Waals surface area contributed by atoms with Crippen molar-refractivity contribution in [1.29, 1.82) is 0 Å². The van der Waals surface area contributed by atoms with E-state index in [1.165, 1.54) is 0 Å². The smallest absolute Gasteiger partial charge is 0.416 e. The van der Waals surface area contributed by atoms with Gasteiger partial charge in [-0.05, 0) is 12.1 Å². The van der Waals surface area contributed by atoms with Crippen LogP contribution in [0.25, 0.3) is 0 Å². The Kier molecular flexibility index (Phi) is 3.52. The molecule has 0 amide bonds. The summed E-state index contributed by atoms with van der Waals surface area (Å²) in [5, 5.41) is 9.11. The third-order valence-corrected chi connectivity index (χ3v) is 2.26. The lowest BCUT2D eigenvalue weighted by molar-refractivity contribution is -0.143. The van der Waals surface area contributed by atoms with Crippen LogP contribution in [0.2, 0.25) is 0 Å². The molecule has 0 aliphatic rings. The second-order valence-corrected chi connectivity index (χ2v) is 3.42. The van der Waals surface area contributed by atoms with Gasteiger partial charge in [-0.15, -0.1) is 11.6 Å². The summed E-state index contributed by atoms with van der Waals surface area (Å²) in [4.78, 5) is 0. The van der Waals surface area contributed by atoms with Crippen LogP contribution >= 0.6 is 11.6 Å². The van der Waals surface area contributed by atoms with Crippen LogP contribution in [-0.2, 0) is 18.2 Å². The topological polar surface area (TPSA) is 20.2 Å². The van der Waals surface area contributed by atoms with Gasteiger partial charge in [0, 0.05) is 5.56 Å². The van der Waals surface area contributed by atoms with Gasteiger partial charge in [0.25, 0.3) is 0 Å². The standard InChI is InChI=1S/C9H5ClF6O/c10-3-5-6(9(14,15)16)1-4(2-7(5)17)8(11,12)13/h1-2,17H,3H2. The Morgan fingerprint density at radius 2 is 1.53 bits per heavy atom. The monoisotopic (exact) mass is 278 g/mol. The van der Waals surface area contributed by atoms with Gasteiger partial charge in [-0.25, -0.2) is 0 Å². The van der Waals surface area contributed by atoms with Gasteiger partial charge < -0.3 is 5.11 Å².